The number of rotatable bonds is 4. The number of hydrogen-bond acceptors (Lipinski definition) is 4. The summed E-state index contributed by atoms with van der Waals surface area (Å²) in [6, 6.07) is 2.56. The van der Waals surface area contributed by atoms with Crippen molar-refractivity contribution in [1.29, 1.82) is 0 Å². The maximum absolute atomic E-state index is 11.2. The van der Waals surface area contributed by atoms with E-state index in [1.807, 2.05) is 0 Å². The molecule has 0 aliphatic carbocycles. The van der Waals surface area contributed by atoms with Gasteiger partial charge in [-0.1, -0.05) is 6.07 Å². The van der Waals surface area contributed by atoms with Crippen LogP contribution in [0.5, 0.6) is 0 Å². The molecule has 0 spiro atoms. The molecule has 2 atom stereocenters. The first-order valence-corrected chi connectivity index (χ1v) is 7.69. The van der Waals surface area contributed by atoms with Crippen LogP contribution in [0, 0.1) is 0 Å². The topological polar surface area (TPSA) is 180 Å². The van der Waals surface area contributed by atoms with Crippen molar-refractivity contribution in [3.8, 4) is 0 Å². The van der Waals surface area contributed by atoms with Crippen LogP contribution in [0.2, 0.25) is 0 Å². The quantitative estimate of drug-likeness (QED) is 0.438. The molecule has 1 heterocycles. The highest BCUT2D eigenvalue weighted by Crippen LogP contribution is 2.61. The van der Waals surface area contributed by atoms with E-state index in [0.717, 1.165) is 6.20 Å². The van der Waals surface area contributed by atoms with E-state index in [1.165, 1.54) is 18.3 Å². The van der Waals surface area contributed by atoms with E-state index in [-0.39, 0.29) is 11.0 Å². The Balaban J connectivity index is 0.00000289. The normalized spacial score (nSPS) is 15.6. The third-order valence-corrected chi connectivity index (χ3v) is 4.54. The van der Waals surface area contributed by atoms with Gasteiger partial charge in [0.05, 0.1) is 0 Å². The number of aromatic nitrogens is 1. The van der Waals surface area contributed by atoms with E-state index in [9.17, 15) is 14.2 Å². The van der Waals surface area contributed by atoms with Crippen molar-refractivity contribution in [2.24, 2.45) is 0 Å². The monoisotopic (exact) mass is 301 g/mol. The zero-order valence-corrected chi connectivity index (χ0v) is 10.6. The van der Waals surface area contributed by atoms with Crippen molar-refractivity contribution in [2.75, 3.05) is 0 Å². The van der Waals surface area contributed by atoms with Crippen molar-refractivity contribution >= 4 is 15.2 Å². The van der Waals surface area contributed by atoms with E-state index >= 15 is 0 Å². The van der Waals surface area contributed by atoms with Crippen LogP contribution in [0.1, 0.15) is 11.2 Å². The molecular formula is C7H13NO8P2. The minimum Gasteiger partial charge on any atom is -0.412 e. The van der Waals surface area contributed by atoms with E-state index < -0.39 is 26.7 Å². The fraction of sp³-hybridized carbons (Fsp3) is 0.286. The van der Waals surface area contributed by atoms with Crippen LogP contribution in [0.15, 0.2) is 24.5 Å². The molecule has 2 unspecified atom stereocenters. The minimum atomic E-state index is -5.04. The fourth-order valence-electron chi connectivity index (χ4n) is 1.27. The molecule has 1 rings (SSSR count). The Morgan fingerprint density at radius 1 is 1.11 bits per heavy atom. The molecule has 0 bridgehead atoms. The van der Waals surface area contributed by atoms with Gasteiger partial charge in [-0.25, -0.2) is 0 Å². The van der Waals surface area contributed by atoms with Gasteiger partial charge in [-0.2, -0.15) is 0 Å². The molecule has 11 heteroatoms. The average molecular weight is 301 g/mol. The first kappa shape index (κ1) is 17.4. The zero-order valence-electron chi connectivity index (χ0n) is 8.86. The molecule has 18 heavy (non-hydrogen) atoms. The van der Waals surface area contributed by atoms with E-state index in [0.29, 0.717) is 0 Å². The molecule has 0 saturated carbocycles. The van der Waals surface area contributed by atoms with Crippen molar-refractivity contribution in [2.45, 2.75) is 11.5 Å². The molecule has 0 saturated heterocycles. The molecule has 0 amide bonds. The lowest BCUT2D eigenvalue weighted by Crippen LogP contribution is -2.19. The van der Waals surface area contributed by atoms with Crippen LogP contribution in [0.25, 0.3) is 0 Å². The van der Waals surface area contributed by atoms with Crippen molar-refractivity contribution in [3.05, 3.63) is 30.1 Å². The van der Waals surface area contributed by atoms with Crippen LogP contribution in [-0.2, 0) is 9.13 Å². The van der Waals surface area contributed by atoms with Crippen molar-refractivity contribution < 1.29 is 39.3 Å². The van der Waals surface area contributed by atoms with Crippen LogP contribution in [-0.4, -0.2) is 41.0 Å². The van der Waals surface area contributed by atoms with Gasteiger partial charge in [0.1, 0.15) is 5.66 Å². The molecule has 0 radical (unpaired) electrons. The van der Waals surface area contributed by atoms with Gasteiger partial charge >= 0.3 is 15.2 Å². The second kappa shape index (κ2) is 6.01. The third-order valence-electron chi connectivity index (χ3n) is 2.02. The predicted octanol–water partition coefficient (Wildman–Crippen LogP) is -1.03. The van der Waals surface area contributed by atoms with E-state index in [1.54, 1.807) is 0 Å². The summed E-state index contributed by atoms with van der Waals surface area (Å²) in [6.45, 7) is 0. The lowest BCUT2D eigenvalue weighted by atomic mass is 10.2. The number of aliphatic hydroxyl groups excluding tert-OH is 1. The molecule has 1 aromatic rings. The molecule has 0 aliphatic heterocycles. The lowest BCUT2D eigenvalue weighted by Gasteiger charge is -2.24. The number of pyridine rings is 1. The highest BCUT2D eigenvalue weighted by molar-refractivity contribution is 7.56. The standard InChI is InChI=1S/C7H11NO7P2.H2O/c9-7(17(13,14)15)6(16(10,11)12)5-2-1-3-8-4-5;/h1-4,6-7,9H,(H2,10,11,12)(H2,13,14,15);1H2. The molecule has 9 nitrogen and oxygen atoms in total. The van der Waals surface area contributed by atoms with Gasteiger partial charge in [0.2, 0.25) is 0 Å². The zero-order chi connectivity index (χ0) is 13.3. The highest BCUT2D eigenvalue weighted by atomic mass is 31.2. The summed E-state index contributed by atoms with van der Waals surface area (Å²) in [4.78, 5) is 39.2. The Labute approximate surface area is 102 Å². The second-order valence-corrected chi connectivity index (χ2v) is 6.76. The summed E-state index contributed by atoms with van der Waals surface area (Å²) in [6.07, 6.45) is 2.35. The molecule has 0 aliphatic rings. The van der Waals surface area contributed by atoms with Gasteiger partial charge in [-0.05, 0) is 11.6 Å². The highest BCUT2D eigenvalue weighted by Gasteiger charge is 2.45. The summed E-state index contributed by atoms with van der Waals surface area (Å²) in [5, 5.41) is 9.35. The van der Waals surface area contributed by atoms with E-state index in [4.69, 9.17) is 19.6 Å². The Kier molecular flexibility index (Phi) is 5.80. The smallest absolute Gasteiger partial charge is 0.355 e. The summed E-state index contributed by atoms with van der Waals surface area (Å²) >= 11 is 0. The number of nitrogens with zero attached hydrogens (tertiary/aromatic N) is 1. The Morgan fingerprint density at radius 3 is 2.00 bits per heavy atom. The Bertz CT molecular complexity index is 468. The maximum atomic E-state index is 11.2. The average Bonchev–Trinajstić information content (AvgIpc) is 2.15. The van der Waals surface area contributed by atoms with E-state index in [2.05, 4.69) is 4.98 Å². The largest absolute Gasteiger partial charge is 0.412 e. The molecule has 1 aromatic heterocycles. The summed E-state index contributed by atoms with van der Waals surface area (Å²) in [5.41, 5.74) is -2.14. The molecule has 0 fully saturated rings. The van der Waals surface area contributed by atoms with Crippen LogP contribution < -0.4 is 0 Å². The van der Waals surface area contributed by atoms with Gasteiger partial charge in [-0.15, -0.1) is 0 Å². The van der Waals surface area contributed by atoms with Crippen LogP contribution in [0.3, 0.4) is 0 Å². The van der Waals surface area contributed by atoms with Crippen LogP contribution >= 0.6 is 15.2 Å². The van der Waals surface area contributed by atoms with Gasteiger partial charge in [-0.3, -0.25) is 14.1 Å². The lowest BCUT2D eigenvalue weighted by molar-refractivity contribution is 0.185. The number of aliphatic hydroxyl groups is 1. The molecule has 104 valence electrons. The third kappa shape index (κ3) is 4.24. The first-order valence-electron chi connectivity index (χ1n) is 4.32. The van der Waals surface area contributed by atoms with Crippen molar-refractivity contribution in [1.82, 2.24) is 4.98 Å². The molecule has 0 aromatic carbocycles. The molecule has 7 N–H and O–H groups in total. The number of hydrogen-bond donors (Lipinski definition) is 5. The summed E-state index contributed by atoms with van der Waals surface area (Å²) in [7, 11) is -9.97. The predicted molar refractivity (Wildman–Crippen MR) is 60.7 cm³/mol. The fourth-order valence-corrected chi connectivity index (χ4v) is 3.75. The van der Waals surface area contributed by atoms with Gasteiger partial charge in [0, 0.05) is 12.4 Å². The molecular weight excluding hydrogens is 288 g/mol. The maximum Gasteiger partial charge on any atom is 0.355 e. The SMILES string of the molecule is O.O=P(O)(O)C(O)C(c1cccnc1)P(=O)(O)O. The second-order valence-electron chi connectivity index (χ2n) is 3.32. The summed E-state index contributed by atoms with van der Waals surface area (Å²) in [5.74, 6) is -2.48. The van der Waals surface area contributed by atoms with Crippen molar-refractivity contribution in [3.63, 3.8) is 0 Å². The Morgan fingerprint density at radius 2 is 1.67 bits per heavy atom. The Hall–Kier alpha value is -0.630. The summed E-state index contributed by atoms with van der Waals surface area (Å²) < 4.78 is 22.1. The van der Waals surface area contributed by atoms with Gasteiger partial charge in [0.25, 0.3) is 0 Å². The van der Waals surface area contributed by atoms with Gasteiger partial charge < -0.3 is 30.2 Å². The van der Waals surface area contributed by atoms with Gasteiger partial charge in [0.15, 0.2) is 5.85 Å². The van der Waals surface area contributed by atoms with Crippen LogP contribution in [0.4, 0.5) is 0 Å². The first-order chi connectivity index (χ1) is 7.64. The minimum absolute atomic E-state index is 0.